The van der Waals surface area contributed by atoms with Crippen LogP contribution in [-0.4, -0.2) is 37.7 Å². The molecule has 0 saturated carbocycles. The first-order valence-corrected chi connectivity index (χ1v) is 9.46. The summed E-state index contributed by atoms with van der Waals surface area (Å²) in [7, 11) is -3.56. The second-order valence-electron chi connectivity index (χ2n) is 5.30. The van der Waals surface area contributed by atoms with Crippen molar-refractivity contribution in [1.29, 1.82) is 0 Å². The zero-order valence-electron chi connectivity index (χ0n) is 14.2. The maximum Gasteiger partial charge on any atom is 0.317 e. The summed E-state index contributed by atoms with van der Waals surface area (Å²) < 4.78 is 28.1. The highest BCUT2D eigenvalue weighted by Gasteiger charge is 2.19. The summed E-state index contributed by atoms with van der Waals surface area (Å²) in [5, 5.41) is 2.80. The third-order valence-corrected chi connectivity index (χ3v) is 4.69. The van der Waals surface area contributed by atoms with Crippen molar-refractivity contribution < 1.29 is 17.4 Å². The van der Waals surface area contributed by atoms with Crippen LogP contribution in [0.5, 0.6) is 5.75 Å². The van der Waals surface area contributed by atoms with Gasteiger partial charge in [0.15, 0.2) is 0 Å². The molecule has 1 N–H and O–H groups in total. The van der Waals surface area contributed by atoms with Gasteiger partial charge >= 0.3 is 16.1 Å². The number of carbonyl (C=O) groups excluding carboxylic acids is 1. The van der Waals surface area contributed by atoms with Crippen LogP contribution < -0.4 is 9.50 Å². The third-order valence-electron chi connectivity index (χ3n) is 3.54. The van der Waals surface area contributed by atoms with E-state index < -0.39 is 10.1 Å². The minimum atomic E-state index is -3.56. The maximum atomic E-state index is 12.2. The quantitative estimate of drug-likeness (QED) is 0.737. The average Bonchev–Trinajstić information content (AvgIpc) is 2.52. The normalized spacial score (nSPS) is 12.5. The van der Waals surface area contributed by atoms with E-state index in [1.165, 1.54) is 6.92 Å². The Bertz CT molecular complexity index is 616. The molecule has 0 heterocycles. The lowest BCUT2D eigenvalue weighted by Crippen LogP contribution is -2.44. The monoisotopic (exact) mass is 342 g/mol. The summed E-state index contributed by atoms with van der Waals surface area (Å²) in [6, 6.07) is 6.76. The molecule has 23 heavy (non-hydrogen) atoms. The topological polar surface area (TPSA) is 75.7 Å². The molecule has 0 bridgehead atoms. The number of hydrogen-bond donors (Lipinski definition) is 1. The van der Waals surface area contributed by atoms with Gasteiger partial charge in [-0.15, -0.1) is 0 Å². The highest BCUT2D eigenvalue weighted by molar-refractivity contribution is 7.87. The van der Waals surface area contributed by atoms with Gasteiger partial charge in [-0.3, -0.25) is 0 Å². The summed E-state index contributed by atoms with van der Waals surface area (Å²) in [6.07, 6.45) is 0.831. The van der Waals surface area contributed by atoms with Crippen LogP contribution in [-0.2, 0) is 16.7 Å². The molecule has 0 spiro atoms. The van der Waals surface area contributed by atoms with Gasteiger partial charge in [-0.1, -0.05) is 19.1 Å². The molecule has 1 aromatic rings. The number of carbonyl (C=O) groups is 1. The predicted octanol–water partition coefficient (Wildman–Crippen LogP) is 2.75. The molecule has 2 amide bonds. The zero-order chi connectivity index (χ0) is 17.5. The largest absolute Gasteiger partial charge is 0.382 e. The van der Waals surface area contributed by atoms with Gasteiger partial charge in [0.2, 0.25) is 0 Å². The first-order chi connectivity index (χ1) is 10.8. The summed E-state index contributed by atoms with van der Waals surface area (Å²) in [4.78, 5) is 13.9. The second-order valence-corrected chi connectivity index (χ2v) is 7.16. The van der Waals surface area contributed by atoms with Gasteiger partial charge in [0.25, 0.3) is 0 Å². The number of benzene rings is 1. The molecule has 1 aromatic carbocycles. The SMILES string of the molecule is CCNC(=O)N(Cc1cccc(OS(=O)(=O)CC)c1)[C@@H](C)CC. The lowest BCUT2D eigenvalue weighted by atomic mass is 10.1. The van der Waals surface area contributed by atoms with Crippen LogP contribution in [0.25, 0.3) is 0 Å². The van der Waals surface area contributed by atoms with Crippen molar-refractivity contribution in [3.63, 3.8) is 0 Å². The van der Waals surface area contributed by atoms with Gasteiger partial charge < -0.3 is 14.4 Å². The summed E-state index contributed by atoms with van der Waals surface area (Å²) in [5.74, 6) is 0.180. The van der Waals surface area contributed by atoms with Gasteiger partial charge in [0.05, 0.1) is 5.75 Å². The van der Waals surface area contributed by atoms with E-state index >= 15 is 0 Å². The van der Waals surface area contributed by atoms with Crippen LogP contribution in [0.1, 0.15) is 39.7 Å². The first kappa shape index (κ1) is 19.3. The Morgan fingerprint density at radius 1 is 1.30 bits per heavy atom. The summed E-state index contributed by atoms with van der Waals surface area (Å²) in [6.45, 7) is 8.35. The lowest BCUT2D eigenvalue weighted by molar-refractivity contribution is 0.174. The average molecular weight is 342 g/mol. The molecule has 7 heteroatoms. The zero-order valence-corrected chi connectivity index (χ0v) is 15.0. The van der Waals surface area contributed by atoms with Gasteiger partial charge in [-0.25, -0.2) is 4.79 Å². The lowest BCUT2D eigenvalue weighted by Gasteiger charge is -2.28. The molecule has 0 fully saturated rings. The van der Waals surface area contributed by atoms with Crippen LogP contribution in [0.2, 0.25) is 0 Å². The highest BCUT2D eigenvalue weighted by atomic mass is 32.2. The van der Waals surface area contributed by atoms with Crippen molar-refractivity contribution in [2.24, 2.45) is 0 Å². The van der Waals surface area contributed by atoms with Crippen molar-refractivity contribution >= 4 is 16.1 Å². The summed E-state index contributed by atoms with van der Waals surface area (Å²) in [5.41, 5.74) is 0.820. The van der Waals surface area contributed by atoms with Gasteiger partial charge in [0, 0.05) is 19.1 Å². The van der Waals surface area contributed by atoms with E-state index in [0.29, 0.717) is 13.1 Å². The molecule has 0 aromatic heterocycles. The van der Waals surface area contributed by atoms with Crippen LogP contribution in [0.15, 0.2) is 24.3 Å². The Balaban J connectivity index is 2.94. The fourth-order valence-electron chi connectivity index (χ4n) is 2.00. The van der Waals surface area contributed by atoms with Crippen LogP contribution in [0, 0.1) is 0 Å². The molecular formula is C16H26N2O4S. The van der Waals surface area contributed by atoms with Crippen molar-refractivity contribution in [1.82, 2.24) is 10.2 Å². The van der Waals surface area contributed by atoms with Crippen LogP contribution in [0.4, 0.5) is 4.79 Å². The second kappa shape index (κ2) is 8.76. The van der Waals surface area contributed by atoms with Gasteiger partial charge in [0.1, 0.15) is 5.75 Å². The molecule has 0 radical (unpaired) electrons. The minimum Gasteiger partial charge on any atom is -0.382 e. The number of nitrogens with one attached hydrogen (secondary N) is 1. The fourth-order valence-corrected chi connectivity index (χ4v) is 2.51. The molecule has 0 aliphatic rings. The highest BCUT2D eigenvalue weighted by Crippen LogP contribution is 2.18. The molecule has 0 aliphatic carbocycles. The number of rotatable bonds is 8. The van der Waals surface area contributed by atoms with E-state index in [-0.39, 0.29) is 23.6 Å². The van der Waals surface area contributed by atoms with Gasteiger partial charge in [-0.05, 0) is 44.9 Å². The molecule has 0 unspecified atom stereocenters. The first-order valence-electron chi connectivity index (χ1n) is 7.88. The minimum absolute atomic E-state index is 0.0745. The van der Waals surface area contributed by atoms with Crippen LogP contribution >= 0.6 is 0 Å². The Kier molecular flexibility index (Phi) is 7.35. The fraction of sp³-hybridized carbons (Fsp3) is 0.562. The Labute approximate surface area is 138 Å². The Morgan fingerprint density at radius 3 is 2.57 bits per heavy atom. The number of hydrogen-bond acceptors (Lipinski definition) is 4. The summed E-state index contributed by atoms with van der Waals surface area (Å²) >= 11 is 0. The van der Waals surface area contributed by atoms with Gasteiger partial charge in [-0.2, -0.15) is 8.42 Å². The standard InChI is InChI=1S/C16H26N2O4S/c1-5-13(4)18(16(19)17-6-2)12-14-9-8-10-15(11-14)22-23(20,21)7-3/h8-11,13H,5-7,12H2,1-4H3,(H,17,19)/t13-/m0/s1. The molecule has 0 saturated heterocycles. The molecule has 1 atom stereocenters. The van der Waals surface area contributed by atoms with Crippen molar-refractivity contribution in [2.45, 2.75) is 46.7 Å². The van der Waals surface area contributed by atoms with Crippen molar-refractivity contribution in [3.8, 4) is 5.75 Å². The van der Waals surface area contributed by atoms with Crippen molar-refractivity contribution in [2.75, 3.05) is 12.3 Å². The Hall–Kier alpha value is -1.76. The Morgan fingerprint density at radius 2 is 2.00 bits per heavy atom. The molecule has 6 nitrogen and oxygen atoms in total. The van der Waals surface area contributed by atoms with E-state index in [0.717, 1.165) is 12.0 Å². The predicted molar refractivity (Wildman–Crippen MR) is 90.9 cm³/mol. The van der Waals surface area contributed by atoms with Crippen molar-refractivity contribution in [3.05, 3.63) is 29.8 Å². The number of urea groups is 1. The van der Waals surface area contributed by atoms with E-state index in [1.54, 1.807) is 23.1 Å². The molecule has 130 valence electrons. The number of nitrogens with zero attached hydrogens (tertiary/aromatic N) is 1. The van der Waals surface area contributed by atoms with E-state index in [9.17, 15) is 13.2 Å². The maximum absolute atomic E-state index is 12.2. The van der Waals surface area contributed by atoms with E-state index in [2.05, 4.69) is 5.32 Å². The smallest absolute Gasteiger partial charge is 0.317 e. The third kappa shape index (κ3) is 6.09. The van der Waals surface area contributed by atoms with E-state index in [4.69, 9.17) is 4.18 Å². The molecular weight excluding hydrogens is 316 g/mol. The van der Waals surface area contributed by atoms with Crippen LogP contribution in [0.3, 0.4) is 0 Å². The molecule has 1 rings (SSSR count). The number of amides is 2. The molecule has 0 aliphatic heterocycles. The van der Waals surface area contributed by atoms with E-state index in [1.807, 2.05) is 26.8 Å².